The molecule has 0 aliphatic heterocycles. The molecule has 0 bridgehead atoms. The van der Waals surface area contributed by atoms with E-state index in [0.717, 1.165) is 19.3 Å². The predicted molar refractivity (Wildman–Crippen MR) is 71.0 cm³/mol. The summed E-state index contributed by atoms with van der Waals surface area (Å²) in [7, 11) is 0. The van der Waals surface area contributed by atoms with Crippen LogP contribution in [0.5, 0.6) is 0 Å². The first-order chi connectivity index (χ1) is 7.54. The van der Waals surface area contributed by atoms with Gasteiger partial charge in [0.1, 0.15) is 0 Å². The van der Waals surface area contributed by atoms with Gasteiger partial charge in [0.25, 0.3) is 0 Å². The number of aryl methyl sites for hydroxylation is 1. The van der Waals surface area contributed by atoms with E-state index in [1.807, 2.05) is 11.3 Å². The highest BCUT2D eigenvalue weighted by Gasteiger charge is 2.18. The zero-order valence-electron chi connectivity index (χ0n) is 10.4. The molecule has 0 aliphatic carbocycles. The van der Waals surface area contributed by atoms with Gasteiger partial charge in [-0.3, -0.25) is 0 Å². The number of thiophene rings is 1. The maximum absolute atomic E-state index is 9.97. The molecule has 1 aromatic heterocycles. The monoisotopic (exact) mass is 241 g/mol. The molecule has 3 heteroatoms. The van der Waals surface area contributed by atoms with E-state index in [1.165, 1.54) is 9.75 Å². The van der Waals surface area contributed by atoms with Crippen LogP contribution < -0.4 is 5.73 Å². The second-order valence-corrected chi connectivity index (χ2v) is 5.92. The van der Waals surface area contributed by atoms with E-state index >= 15 is 0 Å². The molecule has 0 radical (unpaired) electrons. The summed E-state index contributed by atoms with van der Waals surface area (Å²) < 4.78 is 0. The van der Waals surface area contributed by atoms with Gasteiger partial charge in [-0.1, -0.05) is 20.3 Å². The van der Waals surface area contributed by atoms with Crippen LogP contribution in [0.1, 0.15) is 48.8 Å². The quantitative estimate of drug-likeness (QED) is 0.804. The third-order valence-electron chi connectivity index (χ3n) is 2.96. The van der Waals surface area contributed by atoms with E-state index in [-0.39, 0.29) is 12.1 Å². The highest BCUT2D eigenvalue weighted by atomic mass is 32.1. The summed E-state index contributed by atoms with van der Waals surface area (Å²) in [5.41, 5.74) is 5.91. The molecule has 2 nitrogen and oxygen atoms in total. The molecule has 0 saturated carbocycles. The van der Waals surface area contributed by atoms with Gasteiger partial charge in [-0.25, -0.2) is 0 Å². The molecule has 0 aromatic carbocycles. The zero-order valence-corrected chi connectivity index (χ0v) is 11.3. The SMILES string of the molecule is CCCC(N)C(O)CC(C)c1ccc(C)s1. The van der Waals surface area contributed by atoms with Gasteiger partial charge in [0.05, 0.1) is 6.10 Å². The van der Waals surface area contributed by atoms with Crippen molar-refractivity contribution in [3.8, 4) is 0 Å². The second-order valence-electron chi connectivity index (χ2n) is 4.61. The van der Waals surface area contributed by atoms with Crippen LogP contribution in [0, 0.1) is 6.92 Å². The number of rotatable bonds is 6. The summed E-state index contributed by atoms with van der Waals surface area (Å²) in [5, 5.41) is 9.97. The van der Waals surface area contributed by atoms with E-state index < -0.39 is 0 Å². The summed E-state index contributed by atoms with van der Waals surface area (Å²) in [6.45, 7) is 6.37. The number of nitrogens with two attached hydrogens (primary N) is 1. The smallest absolute Gasteiger partial charge is 0.0697 e. The highest BCUT2D eigenvalue weighted by Crippen LogP contribution is 2.28. The fraction of sp³-hybridized carbons (Fsp3) is 0.692. The van der Waals surface area contributed by atoms with Crippen LogP contribution in [0.4, 0.5) is 0 Å². The van der Waals surface area contributed by atoms with Crippen molar-refractivity contribution in [2.75, 3.05) is 0 Å². The molecule has 0 aliphatic rings. The first kappa shape index (κ1) is 13.7. The van der Waals surface area contributed by atoms with Gasteiger partial charge in [-0.15, -0.1) is 11.3 Å². The van der Waals surface area contributed by atoms with Crippen LogP contribution in [-0.4, -0.2) is 17.3 Å². The van der Waals surface area contributed by atoms with E-state index in [9.17, 15) is 5.11 Å². The Kier molecular flexibility index (Phi) is 5.46. The highest BCUT2D eigenvalue weighted by molar-refractivity contribution is 7.12. The summed E-state index contributed by atoms with van der Waals surface area (Å²) in [6.07, 6.45) is 2.32. The Balaban J connectivity index is 2.47. The van der Waals surface area contributed by atoms with Crippen molar-refractivity contribution in [3.63, 3.8) is 0 Å². The fourth-order valence-electron chi connectivity index (χ4n) is 1.90. The van der Waals surface area contributed by atoms with Crippen molar-refractivity contribution in [1.29, 1.82) is 0 Å². The van der Waals surface area contributed by atoms with Gasteiger partial charge in [-0.2, -0.15) is 0 Å². The number of aliphatic hydroxyl groups excluding tert-OH is 1. The first-order valence-electron chi connectivity index (χ1n) is 6.04. The van der Waals surface area contributed by atoms with Crippen molar-refractivity contribution in [3.05, 3.63) is 21.9 Å². The number of hydrogen-bond acceptors (Lipinski definition) is 3. The van der Waals surface area contributed by atoms with Crippen LogP contribution in [0.3, 0.4) is 0 Å². The Hall–Kier alpha value is -0.380. The second kappa shape index (κ2) is 6.38. The maximum atomic E-state index is 9.97. The minimum atomic E-state index is -0.377. The van der Waals surface area contributed by atoms with E-state index in [2.05, 4.69) is 32.9 Å². The lowest BCUT2D eigenvalue weighted by atomic mass is 9.96. The lowest BCUT2D eigenvalue weighted by Gasteiger charge is -2.21. The molecule has 92 valence electrons. The van der Waals surface area contributed by atoms with Gasteiger partial charge in [0, 0.05) is 15.8 Å². The van der Waals surface area contributed by atoms with Gasteiger partial charge >= 0.3 is 0 Å². The van der Waals surface area contributed by atoms with Crippen molar-refractivity contribution in [2.24, 2.45) is 5.73 Å². The van der Waals surface area contributed by atoms with Crippen molar-refractivity contribution in [2.45, 2.75) is 58.1 Å². The fourth-order valence-corrected chi connectivity index (χ4v) is 2.84. The Labute approximate surface area is 102 Å². The Bertz CT molecular complexity index is 311. The van der Waals surface area contributed by atoms with Crippen molar-refractivity contribution >= 4 is 11.3 Å². The van der Waals surface area contributed by atoms with Crippen molar-refractivity contribution < 1.29 is 5.11 Å². The first-order valence-corrected chi connectivity index (χ1v) is 6.86. The molecule has 3 atom stereocenters. The molecule has 1 aromatic rings. The van der Waals surface area contributed by atoms with Crippen LogP contribution in [0.25, 0.3) is 0 Å². The largest absolute Gasteiger partial charge is 0.391 e. The minimum absolute atomic E-state index is 0.0755. The van der Waals surface area contributed by atoms with Gasteiger partial charge in [0.15, 0.2) is 0 Å². The van der Waals surface area contributed by atoms with Crippen LogP contribution >= 0.6 is 11.3 Å². The minimum Gasteiger partial charge on any atom is -0.391 e. The Morgan fingerprint density at radius 3 is 2.62 bits per heavy atom. The third kappa shape index (κ3) is 3.89. The molecule has 3 N–H and O–H groups in total. The zero-order chi connectivity index (χ0) is 12.1. The van der Waals surface area contributed by atoms with E-state index in [4.69, 9.17) is 5.73 Å². The predicted octanol–water partition coefficient (Wildman–Crippen LogP) is 3.04. The molecule has 0 amide bonds. The van der Waals surface area contributed by atoms with E-state index in [0.29, 0.717) is 5.92 Å². The van der Waals surface area contributed by atoms with Crippen LogP contribution in [0.2, 0.25) is 0 Å². The maximum Gasteiger partial charge on any atom is 0.0697 e. The molecule has 1 rings (SSSR count). The van der Waals surface area contributed by atoms with Crippen molar-refractivity contribution in [1.82, 2.24) is 0 Å². The normalized spacial score (nSPS) is 17.1. The summed E-state index contributed by atoms with van der Waals surface area (Å²) in [6, 6.07) is 4.21. The molecule has 0 fully saturated rings. The average Bonchev–Trinajstić information content (AvgIpc) is 2.65. The lowest BCUT2D eigenvalue weighted by molar-refractivity contribution is 0.124. The molecule has 1 heterocycles. The van der Waals surface area contributed by atoms with Gasteiger partial charge in [0.2, 0.25) is 0 Å². The summed E-state index contributed by atoms with van der Waals surface area (Å²) >= 11 is 1.81. The molecular formula is C13H23NOS. The van der Waals surface area contributed by atoms with E-state index in [1.54, 1.807) is 0 Å². The van der Waals surface area contributed by atoms with Gasteiger partial charge in [-0.05, 0) is 37.8 Å². The lowest BCUT2D eigenvalue weighted by Crippen LogP contribution is -2.35. The van der Waals surface area contributed by atoms with Crippen LogP contribution in [-0.2, 0) is 0 Å². The summed E-state index contributed by atoms with van der Waals surface area (Å²) in [5.74, 6) is 0.400. The van der Waals surface area contributed by atoms with Crippen LogP contribution in [0.15, 0.2) is 12.1 Å². The topological polar surface area (TPSA) is 46.2 Å². The number of hydrogen-bond donors (Lipinski definition) is 2. The Morgan fingerprint density at radius 2 is 2.12 bits per heavy atom. The third-order valence-corrected chi connectivity index (χ3v) is 4.19. The molecular weight excluding hydrogens is 218 g/mol. The standard InChI is InChI=1S/C13H23NOS/c1-4-5-11(14)12(15)8-9(2)13-7-6-10(3)16-13/h6-7,9,11-12,15H,4-5,8,14H2,1-3H3. The summed E-state index contributed by atoms with van der Waals surface area (Å²) in [4.78, 5) is 2.68. The van der Waals surface area contributed by atoms with Gasteiger partial charge < -0.3 is 10.8 Å². The Morgan fingerprint density at radius 1 is 1.44 bits per heavy atom. The molecule has 0 saturated heterocycles. The molecule has 3 unspecified atom stereocenters. The molecule has 16 heavy (non-hydrogen) atoms. The average molecular weight is 241 g/mol. The number of aliphatic hydroxyl groups is 1. The molecule has 0 spiro atoms.